The van der Waals surface area contributed by atoms with Gasteiger partial charge in [-0.15, -0.1) is 0 Å². The number of benzene rings is 1. The van der Waals surface area contributed by atoms with E-state index in [1.165, 1.54) is 0 Å². The number of carbonyl (C=O) groups excluding carboxylic acids is 1. The molecule has 100 valence electrons. The van der Waals surface area contributed by atoms with E-state index in [0.717, 1.165) is 11.8 Å². The summed E-state index contributed by atoms with van der Waals surface area (Å²) in [7, 11) is 0. The maximum Gasteiger partial charge on any atom is 0.216 e. The Morgan fingerprint density at radius 3 is 2.74 bits per heavy atom. The molecular formula is C14H16ClN3O. The smallest absolute Gasteiger partial charge is 0.216 e. The summed E-state index contributed by atoms with van der Waals surface area (Å²) in [4.78, 5) is 18.3. The molecule has 0 aliphatic rings. The van der Waals surface area contributed by atoms with Crippen LogP contribution in [0.15, 0.2) is 52.5 Å². The molecule has 0 spiro atoms. The van der Waals surface area contributed by atoms with Gasteiger partial charge in [-0.25, -0.2) is 4.99 Å². The predicted octanol–water partition coefficient (Wildman–Crippen LogP) is 2.52. The summed E-state index contributed by atoms with van der Waals surface area (Å²) >= 11 is 5.93. The number of hydrogen-bond acceptors (Lipinski definition) is 3. The minimum absolute atomic E-state index is 0.229. The molecule has 0 aliphatic carbocycles. The van der Waals surface area contributed by atoms with Gasteiger partial charge in [0.15, 0.2) is 0 Å². The second kappa shape index (κ2) is 8.21. The van der Waals surface area contributed by atoms with Crippen LogP contribution in [0.1, 0.15) is 18.4 Å². The van der Waals surface area contributed by atoms with Crippen LogP contribution in [0.3, 0.4) is 0 Å². The van der Waals surface area contributed by atoms with Gasteiger partial charge in [-0.1, -0.05) is 48.5 Å². The maximum absolute atomic E-state index is 10.2. The summed E-state index contributed by atoms with van der Waals surface area (Å²) in [6.07, 6.45) is 3.28. The largest absolute Gasteiger partial charge is 0.384 e. The molecule has 1 unspecified atom stereocenters. The molecule has 19 heavy (non-hydrogen) atoms. The van der Waals surface area contributed by atoms with Gasteiger partial charge >= 0.3 is 0 Å². The van der Waals surface area contributed by atoms with Crippen molar-refractivity contribution < 1.29 is 4.79 Å². The number of amidine groups is 1. The highest BCUT2D eigenvalue weighted by molar-refractivity contribution is 6.21. The second-order valence-electron chi connectivity index (χ2n) is 3.82. The normalized spacial score (nSPS) is 13.4. The van der Waals surface area contributed by atoms with Crippen molar-refractivity contribution in [2.24, 2.45) is 15.7 Å². The molecule has 0 amide bonds. The molecule has 5 heteroatoms. The number of nitrogens with zero attached hydrogens (tertiary/aromatic N) is 2. The summed E-state index contributed by atoms with van der Waals surface area (Å²) in [6, 6.07) is 9.54. The first-order valence-electron chi connectivity index (χ1n) is 5.81. The molecule has 1 aromatic carbocycles. The number of halogens is 1. The summed E-state index contributed by atoms with van der Waals surface area (Å²) in [5, 5.41) is 0. The van der Waals surface area contributed by atoms with E-state index in [1.54, 1.807) is 6.21 Å². The first kappa shape index (κ1) is 15.1. The van der Waals surface area contributed by atoms with Crippen LogP contribution in [-0.4, -0.2) is 24.0 Å². The van der Waals surface area contributed by atoms with E-state index in [2.05, 4.69) is 16.6 Å². The van der Waals surface area contributed by atoms with E-state index in [9.17, 15) is 4.79 Å². The number of aliphatic imine (C=N–C) groups is 2. The highest BCUT2D eigenvalue weighted by Gasteiger charge is 2.03. The molecule has 1 rings (SSSR count). The van der Waals surface area contributed by atoms with E-state index in [-0.39, 0.29) is 5.84 Å². The molecule has 1 atom stereocenters. The Morgan fingerprint density at radius 2 is 2.11 bits per heavy atom. The maximum atomic E-state index is 10.2. The van der Waals surface area contributed by atoms with Gasteiger partial charge in [0.1, 0.15) is 12.1 Å². The fourth-order valence-electron chi connectivity index (χ4n) is 1.29. The lowest BCUT2D eigenvalue weighted by molar-refractivity contribution is -0.107. The highest BCUT2D eigenvalue weighted by Crippen LogP contribution is 2.06. The lowest BCUT2D eigenvalue weighted by atomic mass is 10.1. The van der Waals surface area contributed by atoms with Crippen molar-refractivity contribution >= 4 is 29.9 Å². The summed E-state index contributed by atoms with van der Waals surface area (Å²) in [6.45, 7) is 3.74. The summed E-state index contributed by atoms with van der Waals surface area (Å²) in [5.74, 6) is 0.229. The summed E-state index contributed by atoms with van der Waals surface area (Å²) in [5.41, 5.74) is 6.43. The zero-order valence-electron chi connectivity index (χ0n) is 10.5. The van der Waals surface area contributed by atoms with Gasteiger partial charge in [0.2, 0.25) is 5.62 Å². The van der Waals surface area contributed by atoms with Crippen molar-refractivity contribution in [3.63, 3.8) is 0 Å². The van der Waals surface area contributed by atoms with Gasteiger partial charge in [0.25, 0.3) is 0 Å². The molecular weight excluding hydrogens is 262 g/mol. The molecule has 0 fully saturated rings. The number of alkyl halides is 1. The molecule has 4 nitrogen and oxygen atoms in total. The van der Waals surface area contributed by atoms with Crippen molar-refractivity contribution in [2.75, 3.05) is 0 Å². The lowest BCUT2D eigenvalue weighted by Crippen LogP contribution is -2.16. The van der Waals surface area contributed by atoms with Gasteiger partial charge in [0, 0.05) is 12.6 Å². The fraction of sp³-hybridized carbons (Fsp3) is 0.214. The third-order valence-corrected chi connectivity index (χ3v) is 2.53. The molecule has 2 N–H and O–H groups in total. The number of carbonyl (C=O) groups is 1. The molecule has 0 aliphatic heterocycles. The van der Waals surface area contributed by atoms with E-state index >= 15 is 0 Å². The van der Waals surface area contributed by atoms with Crippen LogP contribution in [0, 0.1) is 0 Å². The molecule has 0 bridgehead atoms. The number of hydrogen-bond donors (Lipinski definition) is 1. The average molecular weight is 278 g/mol. The van der Waals surface area contributed by atoms with E-state index in [1.807, 2.05) is 30.3 Å². The van der Waals surface area contributed by atoms with E-state index in [4.69, 9.17) is 17.3 Å². The molecule has 0 saturated carbocycles. The second-order valence-corrected chi connectivity index (χ2v) is 4.21. The fourth-order valence-corrected chi connectivity index (χ4v) is 1.45. The Morgan fingerprint density at radius 1 is 1.42 bits per heavy atom. The van der Waals surface area contributed by atoms with Gasteiger partial charge < -0.3 is 10.5 Å². The highest BCUT2D eigenvalue weighted by atomic mass is 35.5. The van der Waals surface area contributed by atoms with Crippen molar-refractivity contribution in [1.82, 2.24) is 0 Å². The minimum atomic E-state index is -0.798. The number of rotatable bonds is 7. The first-order valence-corrected chi connectivity index (χ1v) is 6.24. The van der Waals surface area contributed by atoms with E-state index in [0.29, 0.717) is 18.4 Å². The Hall–Kier alpha value is -1.94. The van der Waals surface area contributed by atoms with Crippen LogP contribution < -0.4 is 5.73 Å². The SMILES string of the molecule is C=C(CCC=O)C(N)=NC(Cl)N=Cc1ccccc1. The molecule has 1 aromatic rings. The van der Waals surface area contributed by atoms with Crippen LogP contribution >= 0.6 is 11.6 Å². The van der Waals surface area contributed by atoms with Crippen molar-refractivity contribution in [2.45, 2.75) is 18.5 Å². The van der Waals surface area contributed by atoms with Crippen molar-refractivity contribution in [3.8, 4) is 0 Å². The third kappa shape index (κ3) is 5.97. The number of nitrogens with two attached hydrogens (primary N) is 1. The van der Waals surface area contributed by atoms with Crippen LogP contribution in [0.5, 0.6) is 0 Å². The van der Waals surface area contributed by atoms with Crippen LogP contribution in [-0.2, 0) is 4.79 Å². The third-order valence-electron chi connectivity index (χ3n) is 2.32. The zero-order chi connectivity index (χ0) is 14.1. The minimum Gasteiger partial charge on any atom is -0.384 e. The van der Waals surface area contributed by atoms with Crippen LogP contribution in [0.25, 0.3) is 0 Å². The summed E-state index contributed by atoms with van der Waals surface area (Å²) < 4.78 is 0. The lowest BCUT2D eigenvalue weighted by Gasteiger charge is -2.04. The molecule has 0 heterocycles. The van der Waals surface area contributed by atoms with Crippen molar-refractivity contribution in [1.29, 1.82) is 0 Å². The first-order chi connectivity index (χ1) is 9.13. The Balaban J connectivity index is 2.58. The van der Waals surface area contributed by atoms with Gasteiger partial charge in [-0.2, -0.15) is 0 Å². The van der Waals surface area contributed by atoms with E-state index < -0.39 is 5.62 Å². The number of aldehydes is 1. The Bertz CT molecular complexity index is 483. The molecule has 0 aromatic heterocycles. The van der Waals surface area contributed by atoms with Gasteiger partial charge in [-0.3, -0.25) is 4.99 Å². The molecule has 0 saturated heterocycles. The Labute approximate surface area is 117 Å². The average Bonchev–Trinajstić information content (AvgIpc) is 2.43. The van der Waals surface area contributed by atoms with Gasteiger partial charge in [-0.05, 0) is 17.6 Å². The topological polar surface area (TPSA) is 67.8 Å². The predicted molar refractivity (Wildman–Crippen MR) is 79.7 cm³/mol. The molecule has 0 radical (unpaired) electrons. The van der Waals surface area contributed by atoms with Crippen LogP contribution in [0.4, 0.5) is 0 Å². The zero-order valence-corrected chi connectivity index (χ0v) is 11.3. The van der Waals surface area contributed by atoms with Crippen molar-refractivity contribution in [3.05, 3.63) is 48.0 Å². The standard InChI is InChI=1S/C14H16ClN3O/c1-11(6-5-9-19)13(16)18-14(15)17-10-12-7-3-2-4-8-12/h2-4,7-10,14H,1,5-6H2,(H2,16,18). The monoisotopic (exact) mass is 277 g/mol. The quantitative estimate of drug-likeness (QED) is 0.274. The Kier molecular flexibility index (Phi) is 6.53. The van der Waals surface area contributed by atoms with Crippen LogP contribution in [0.2, 0.25) is 0 Å². The van der Waals surface area contributed by atoms with Gasteiger partial charge in [0.05, 0.1) is 0 Å².